The van der Waals surface area contributed by atoms with Crippen LogP contribution < -0.4 is 5.73 Å². The Balaban J connectivity index is 2.16. The first-order valence-corrected chi connectivity index (χ1v) is 5.72. The second kappa shape index (κ2) is 5.01. The van der Waals surface area contributed by atoms with Crippen molar-refractivity contribution < 1.29 is 5.11 Å². The second-order valence-corrected chi connectivity index (χ2v) is 4.22. The van der Waals surface area contributed by atoms with Crippen molar-refractivity contribution in [3.8, 4) is 11.1 Å². The zero-order chi connectivity index (χ0) is 12.3. The van der Waals surface area contributed by atoms with E-state index >= 15 is 0 Å². The third-order valence-electron chi connectivity index (χ3n) is 2.68. The number of nitrogens with zero attached hydrogens (tertiary/aromatic N) is 2. The first-order valence-electron chi connectivity index (χ1n) is 5.72. The van der Waals surface area contributed by atoms with E-state index in [1.54, 1.807) is 13.1 Å². The first kappa shape index (κ1) is 11.7. The predicted octanol–water partition coefficient (Wildman–Crippen LogP) is 1.90. The van der Waals surface area contributed by atoms with Crippen LogP contribution in [0.4, 0.5) is 5.69 Å². The van der Waals surface area contributed by atoms with Crippen molar-refractivity contribution >= 4 is 5.69 Å². The van der Waals surface area contributed by atoms with E-state index in [0.29, 0.717) is 13.0 Å². The SMILES string of the molecule is CC(O)CCn1cc(-c2ccccc2N)cn1. The Morgan fingerprint density at radius 3 is 2.88 bits per heavy atom. The molecule has 0 bridgehead atoms. The van der Waals surface area contributed by atoms with Crippen molar-refractivity contribution in [2.24, 2.45) is 0 Å². The highest BCUT2D eigenvalue weighted by Crippen LogP contribution is 2.24. The van der Waals surface area contributed by atoms with Gasteiger partial charge in [-0.15, -0.1) is 0 Å². The fraction of sp³-hybridized carbons (Fsp3) is 0.308. The van der Waals surface area contributed by atoms with E-state index in [9.17, 15) is 5.11 Å². The second-order valence-electron chi connectivity index (χ2n) is 4.22. The lowest BCUT2D eigenvalue weighted by Crippen LogP contribution is -2.06. The number of hydrogen-bond acceptors (Lipinski definition) is 3. The molecule has 1 unspecified atom stereocenters. The molecule has 0 spiro atoms. The standard InChI is InChI=1S/C13H17N3O/c1-10(17)6-7-16-9-11(8-15-16)12-4-2-3-5-13(12)14/h2-5,8-10,17H,6-7,14H2,1H3. The average molecular weight is 231 g/mol. The van der Waals surface area contributed by atoms with Gasteiger partial charge in [-0.25, -0.2) is 0 Å². The molecule has 0 aliphatic rings. The van der Waals surface area contributed by atoms with E-state index < -0.39 is 0 Å². The van der Waals surface area contributed by atoms with E-state index in [-0.39, 0.29) is 6.10 Å². The number of rotatable bonds is 4. The van der Waals surface area contributed by atoms with Gasteiger partial charge in [0.2, 0.25) is 0 Å². The number of nitrogen functional groups attached to an aromatic ring is 1. The maximum absolute atomic E-state index is 9.22. The number of hydrogen-bond donors (Lipinski definition) is 2. The number of para-hydroxylation sites is 1. The summed E-state index contributed by atoms with van der Waals surface area (Å²) >= 11 is 0. The predicted molar refractivity (Wildman–Crippen MR) is 68.4 cm³/mol. The Hall–Kier alpha value is -1.81. The molecular weight excluding hydrogens is 214 g/mol. The lowest BCUT2D eigenvalue weighted by molar-refractivity contribution is 0.176. The Labute approximate surface area is 101 Å². The van der Waals surface area contributed by atoms with E-state index in [4.69, 9.17) is 5.73 Å². The number of benzene rings is 1. The van der Waals surface area contributed by atoms with E-state index in [1.807, 2.05) is 35.1 Å². The van der Waals surface area contributed by atoms with Gasteiger partial charge in [-0.1, -0.05) is 18.2 Å². The lowest BCUT2D eigenvalue weighted by atomic mass is 10.1. The van der Waals surface area contributed by atoms with Gasteiger partial charge >= 0.3 is 0 Å². The Morgan fingerprint density at radius 2 is 2.18 bits per heavy atom. The largest absolute Gasteiger partial charge is 0.398 e. The summed E-state index contributed by atoms with van der Waals surface area (Å²) in [6.07, 6.45) is 4.15. The number of aryl methyl sites for hydroxylation is 1. The summed E-state index contributed by atoms with van der Waals surface area (Å²) in [4.78, 5) is 0. The number of aliphatic hydroxyl groups excluding tert-OH is 1. The van der Waals surface area contributed by atoms with Gasteiger partial charge in [0, 0.05) is 29.6 Å². The smallest absolute Gasteiger partial charge is 0.0569 e. The van der Waals surface area contributed by atoms with Crippen molar-refractivity contribution in [2.75, 3.05) is 5.73 Å². The molecule has 4 heteroatoms. The number of nitrogens with two attached hydrogens (primary N) is 1. The lowest BCUT2D eigenvalue weighted by Gasteiger charge is -2.04. The van der Waals surface area contributed by atoms with Gasteiger partial charge < -0.3 is 10.8 Å². The number of aromatic nitrogens is 2. The van der Waals surface area contributed by atoms with Crippen LogP contribution in [0.5, 0.6) is 0 Å². The van der Waals surface area contributed by atoms with Crippen LogP contribution in [0.2, 0.25) is 0 Å². The van der Waals surface area contributed by atoms with Crippen molar-refractivity contribution in [2.45, 2.75) is 26.0 Å². The minimum absolute atomic E-state index is 0.301. The molecule has 0 aliphatic carbocycles. The molecule has 0 saturated carbocycles. The van der Waals surface area contributed by atoms with Crippen LogP contribution in [0.25, 0.3) is 11.1 Å². The van der Waals surface area contributed by atoms with Crippen LogP contribution in [-0.2, 0) is 6.54 Å². The highest BCUT2D eigenvalue weighted by molar-refractivity contribution is 5.75. The van der Waals surface area contributed by atoms with Gasteiger partial charge in [0.15, 0.2) is 0 Å². The molecule has 1 aromatic carbocycles. The molecule has 0 saturated heterocycles. The Kier molecular flexibility index (Phi) is 3.44. The maximum atomic E-state index is 9.22. The summed E-state index contributed by atoms with van der Waals surface area (Å²) in [5.41, 5.74) is 8.66. The van der Waals surface area contributed by atoms with Crippen molar-refractivity contribution in [1.29, 1.82) is 0 Å². The molecule has 4 nitrogen and oxygen atoms in total. The maximum Gasteiger partial charge on any atom is 0.0569 e. The van der Waals surface area contributed by atoms with Crippen molar-refractivity contribution in [3.63, 3.8) is 0 Å². The van der Waals surface area contributed by atoms with Crippen LogP contribution in [0, 0.1) is 0 Å². The molecule has 1 atom stereocenters. The van der Waals surface area contributed by atoms with Gasteiger partial charge in [0.05, 0.1) is 12.3 Å². The van der Waals surface area contributed by atoms with Gasteiger partial charge in [-0.05, 0) is 19.4 Å². The summed E-state index contributed by atoms with van der Waals surface area (Å²) < 4.78 is 1.83. The Bertz CT molecular complexity index is 491. The molecule has 90 valence electrons. The molecule has 0 amide bonds. The van der Waals surface area contributed by atoms with Gasteiger partial charge in [0.1, 0.15) is 0 Å². The van der Waals surface area contributed by atoms with Gasteiger partial charge in [-0.3, -0.25) is 4.68 Å². The normalized spacial score (nSPS) is 12.6. The van der Waals surface area contributed by atoms with Crippen LogP contribution in [0.1, 0.15) is 13.3 Å². The monoisotopic (exact) mass is 231 g/mol. The fourth-order valence-corrected chi connectivity index (χ4v) is 1.70. The first-order chi connectivity index (χ1) is 8.16. The summed E-state index contributed by atoms with van der Waals surface area (Å²) in [7, 11) is 0. The molecule has 3 N–H and O–H groups in total. The third kappa shape index (κ3) is 2.85. The molecule has 1 aromatic heterocycles. The van der Waals surface area contributed by atoms with Crippen LogP contribution in [-0.4, -0.2) is 21.0 Å². The van der Waals surface area contributed by atoms with Crippen LogP contribution >= 0.6 is 0 Å². The highest BCUT2D eigenvalue weighted by Gasteiger charge is 2.05. The minimum Gasteiger partial charge on any atom is -0.398 e. The van der Waals surface area contributed by atoms with E-state index in [0.717, 1.165) is 16.8 Å². The molecule has 2 aromatic rings. The summed E-state index contributed by atoms with van der Waals surface area (Å²) in [6, 6.07) is 7.73. The van der Waals surface area contributed by atoms with Crippen molar-refractivity contribution in [3.05, 3.63) is 36.7 Å². The number of anilines is 1. The molecule has 0 aliphatic heterocycles. The van der Waals surface area contributed by atoms with E-state index in [2.05, 4.69) is 5.10 Å². The zero-order valence-electron chi connectivity index (χ0n) is 9.87. The van der Waals surface area contributed by atoms with Gasteiger partial charge in [-0.2, -0.15) is 5.10 Å². The quantitative estimate of drug-likeness (QED) is 0.790. The summed E-state index contributed by atoms with van der Waals surface area (Å²) in [5.74, 6) is 0. The number of aliphatic hydroxyl groups is 1. The highest BCUT2D eigenvalue weighted by atomic mass is 16.3. The fourth-order valence-electron chi connectivity index (χ4n) is 1.70. The van der Waals surface area contributed by atoms with Gasteiger partial charge in [0.25, 0.3) is 0 Å². The molecule has 2 rings (SSSR count). The topological polar surface area (TPSA) is 64.1 Å². The average Bonchev–Trinajstić information content (AvgIpc) is 2.75. The zero-order valence-corrected chi connectivity index (χ0v) is 9.87. The molecule has 1 heterocycles. The minimum atomic E-state index is -0.301. The summed E-state index contributed by atoms with van der Waals surface area (Å²) in [5, 5.41) is 13.5. The van der Waals surface area contributed by atoms with Crippen LogP contribution in [0.3, 0.4) is 0 Å². The molecule has 17 heavy (non-hydrogen) atoms. The van der Waals surface area contributed by atoms with E-state index in [1.165, 1.54) is 0 Å². The molecule has 0 fully saturated rings. The molecular formula is C13H17N3O. The summed E-state index contributed by atoms with van der Waals surface area (Å²) in [6.45, 7) is 2.49. The Morgan fingerprint density at radius 1 is 1.41 bits per heavy atom. The van der Waals surface area contributed by atoms with Crippen LogP contribution in [0.15, 0.2) is 36.7 Å². The molecule has 0 radical (unpaired) electrons. The third-order valence-corrected chi connectivity index (χ3v) is 2.68. The van der Waals surface area contributed by atoms with Crippen molar-refractivity contribution in [1.82, 2.24) is 9.78 Å².